The van der Waals surface area contributed by atoms with E-state index in [2.05, 4.69) is 43.0 Å². The van der Waals surface area contributed by atoms with Crippen molar-refractivity contribution in [3.8, 4) is 0 Å². The Bertz CT molecular complexity index is 912. The lowest BCUT2D eigenvalue weighted by molar-refractivity contribution is 0.712. The molecule has 0 saturated heterocycles. The summed E-state index contributed by atoms with van der Waals surface area (Å²) in [6.45, 7) is 10.7. The number of hydrogen-bond donors (Lipinski definition) is 1. The maximum absolute atomic E-state index is 6.17. The Balaban J connectivity index is 2.10. The number of fused-ring (bicyclic) bond motifs is 1. The number of rotatable bonds is 8. The molecule has 5 nitrogen and oxygen atoms in total. The fourth-order valence-corrected chi connectivity index (χ4v) is 3.66. The standard InChI is InChI=1S/C21H28ClN5/c1-5-12-26(13-6-2)21-15(4)20(25-19-10-11-23-27(19)21)24-18-9-8-17(22)14-16(18)7-3/h8-11,14H,5-7,12-13H2,1-4H3,(H,24,25). The van der Waals surface area contributed by atoms with Crippen LogP contribution in [-0.4, -0.2) is 27.7 Å². The van der Waals surface area contributed by atoms with Gasteiger partial charge in [0.15, 0.2) is 5.65 Å². The summed E-state index contributed by atoms with van der Waals surface area (Å²) in [6, 6.07) is 7.90. The predicted octanol–water partition coefficient (Wildman–Crippen LogP) is 5.62. The third-order valence-corrected chi connectivity index (χ3v) is 4.96. The highest BCUT2D eigenvalue weighted by Crippen LogP contribution is 2.31. The molecule has 0 aliphatic heterocycles. The maximum Gasteiger partial charge on any atom is 0.159 e. The maximum atomic E-state index is 6.17. The van der Waals surface area contributed by atoms with E-state index < -0.39 is 0 Å². The van der Waals surface area contributed by atoms with Gasteiger partial charge in [0.25, 0.3) is 0 Å². The Morgan fingerprint density at radius 2 is 1.85 bits per heavy atom. The van der Waals surface area contributed by atoms with Gasteiger partial charge in [0.1, 0.15) is 11.6 Å². The van der Waals surface area contributed by atoms with Gasteiger partial charge in [-0.25, -0.2) is 4.98 Å². The van der Waals surface area contributed by atoms with E-state index >= 15 is 0 Å². The van der Waals surface area contributed by atoms with E-state index in [1.807, 2.05) is 35.0 Å². The molecule has 2 aromatic heterocycles. The van der Waals surface area contributed by atoms with Crippen LogP contribution in [0.15, 0.2) is 30.5 Å². The minimum atomic E-state index is 0.756. The zero-order valence-corrected chi connectivity index (χ0v) is 17.3. The first kappa shape index (κ1) is 19.5. The summed E-state index contributed by atoms with van der Waals surface area (Å²) in [5.74, 6) is 1.98. The summed E-state index contributed by atoms with van der Waals surface area (Å²) < 4.78 is 1.95. The van der Waals surface area contributed by atoms with Crippen molar-refractivity contribution in [3.63, 3.8) is 0 Å². The van der Waals surface area contributed by atoms with Gasteiger partial charge in [-0.2, -0.15) is 9.61 Å². The van der Waals surface area contributed by atoms with Gasteiger partial charge in [-0.15, -0.1) is 0 Å². The van der Waals surface area contributed by atoms with Crippen molar-refractivity contribution in [3.05, 3.63) is 46.6 Å². The third kappa shape index (κ3) is 4.03. The summed E-state index contributed by atoms with van der Waals surface area (Å²) in [7, 11) is 0. The smallest absolute Gasteiger partial charge is 0.159 e. The molecule has 2 heterocycles. The minimum Gasteiger partial charge on any atom is -0.356 e. The number of nitrogens with one attached hydrogen (secondary N) is 1. The molecule has 0 bridgehead atoms. The molecule has 3 rings (SSSR count). The lowest BCUT2D eigenvalue weighted by atomic mass is 10.1. The van der Waals surface area contributed by atoms with Gasteiger partial charge >= 0.3 is 0 Å². The third-order valence-electron chi connectivity index (χ3n) is 4.73. The molecule has 1 N–H and O–H groups in total. The second kappa shape index (κ2) is 8.61. The van der Waals surface area contributed by atoms with Crippen molar-refractivity contribution < 1.29 is 0 Å². The number of benzene rings is 1. The number of hydrogen-bond acceptors (Lipinski definition) is 4. The molecule has 0 radical (unpaired) electrons. The molecule has 0 amide bonds. The van der Waals surface area contributed by atoms with Crippen LogP contribution in [0, 0.1) is 6.92 Å². The van der Waals surface area contributed by atoms with Gasteiger partial charge in [-0.3, -0.25) is 0 Å². The van der Waals surface area contributed by atoms with Crippen LogP contribution in [0.2, 0.25) is 5.02 Å². The predicted molar refractivity (Wildman–Crippen MR) is 115 cm³/mol. The fraction of sp³-hybridized carbons (Fsp3) is 0.429. The first-order valence-corrected chi connectivity index (χ1v) is 10.1. The van der Waals surface area contributed by atoms with E-state index in [0.717, 1.165) is 65.9 Å². The average Bonchev–Trinajstić information content (AvgIpc) is 3.11. The van der Waals surface area contributed by atoms with Crippen molar-refractivity contribution in [2.24, 2.45) is 0 Å². The van der Waals surface area contributed by atoms with Crippen LogP contribution in [0.5, 0.6) is 0 Å². The molecule has 0 saturated carbocycles. The van der Waals surface area contributed by atoms with Crippen LogP contribution in [0.25, 0.3) is 5.65 Å². The van der Waals surface area contributed by atoms with Gasteiger partial charge in [-0.1, -0.05) is 32.4 Å². The largest absolute Gasteiger partial charge is 0.356 e. The SMILES string of the molecule is CCCN(CCC)c1c(C)c(Nc2ccc(Cl)cc2CC)nc2ccnn12. The van der Waals surface area contributed by atoms with E-state index in [9.17, 15) is 0 Å². The molecular formula is C21H28ClN5. The van der Waals surface area contributed by atoms with Gasteiger partial charge in [-0.05, 0) is 49.9 Å². The molecule has 0 atom stereocenters. The van der Waals surface area contributed by atoms with Crippen molar-refractivity contribution >= 4 is 34.6 Å². The highest BCUT2D eigenvalue weighted by Gasteiger charge is 2.18. The zero-order chi connectivity index (χ0) is 19.4. The molecule has 144 valence electrons. The summed E-state index contributed by atoms with van der Waals surface area (Å²) in [5.41, 5.74) is 4.18. The van der Waals surface area contributed by atoms with Crippen LogP contribution >= 0.6 is 11.6 Å². The Morgan fingerprint density at radius 3 is 2.52 bits per heavy atom. The van der Waals surface area contributed by atoms with Gasteiger partial charge in [0.05, 0.1) is 6.20 Å². The van der Waals surface area contributed by atoms with Crippen molar-refractivity contribution in [1.82, 2.24) is 14.6 Å². The minimum absolute atomic E-state index is 0.756. The van der Waals surface area contributed by atoms with Crippen molar-refractivity contribution in [1.29, 1.82) is 0 Å². The Kier molecular flexibility index (Phi) is 6.22. The molecular weight excluding hydrogens is 358 g/mol. The Morgan fingerprint density at radius 1 is 1.11 bits per heavy atom. The summed E-state index contributed by atoms with van der Waals surface area (Å²) >= 11 is 6.17. The quantitative estimate of drug-likeness (QED) is 0.546. The number of nitrogens with zero attached hydrogens (tertiary/aromatic N) is 4. The zero-order valence-electron chi connectivity index (χ0n) is 16.6. The first-order chi connectivity index (χ1) is 13.1. The molecule has 0 fully saturated rings. The Labute approximate surface area is 166 Å². The molecule has 27 heavy (non-hydrogen) atoms. The number of aryl methyl sites for hydroxylation is 1. The van der Waals surface area contributed by atoms with Crippen LogP contribution in [0.3, 0.4) is 0 Å². The molecule has 1 aromatic carbocycles. The van der Waals surface area contributed by atoms with Gasteiger partial charge in [0.2, 0.25) is 0 Å². The molecule has 0 aliphatic carbocycles. The van der Waals surface area contributed by atoms with Crippen molar-refractivity contribution in [2.45, 2.75) is 47.0 Å². The monoisotopic (exact) mass is 385 g/mol. The van der Waals surface area contributed by atoms with Gasteiger partial charge < -0.3 is 10.2 Å². The molecule has 3 aromatic rings. The summed E-state index contributed by atoms with van der Waals surface area (Å²) in [6.07, 6.45) is 4.89. The fourth-order valence-electron chi connectivity index (χ4n) is 3.47. The lowest BCUT2D eigenvalue weighted by Gasteiger charge is -2.27. The topological polar surface area (TPSA) is 45.5 Å². The molecule has 0 aliphatic rings. The van der Waals surface area contributed by atoms with Crippen LogP contribution in [0.1, 0.15) is 44.7 Å². The Hall–Kier alpha value is -2.27. The number of halogens is 1. The molecule has 0 unspecified atom stereocenters. The van der Waals surface area contributed by atoms with E-state index in [4.69, 9.17) is 16.6 Å². The van der Waals surface area contributed by atoms with E-state index in [-0.39, 0.29) is 0 Å². The molecule has 6 heteroatoms. The van der Waals surface area contributed by atoms with Crippen LogP contribution in [-0.2, 0) is 6.42 Å². The normalized spacial score (nSPS) is 11.1. The van der Waals surface area contributed by atoms with E-state index in [0.29, 0.717) is 0 Å². The van der Waals surface area contributed by atoms with Crippen LogP contribution in [0.4, 0.5) is 17.3 Å². The average molecular weight is 386 g/mol. The lowest BCUT2D eigenvalue weighted by Crippen LogP contribution is -2.28. The first-order valence-electron chi connectivity index (χ1n) is 9.73. The molecule has 0 spiro atoms. The van der Waals surface area contributed by atoms with Gasteiger partial charge in [0, 0.05) is 35.4 Å². The van der Waals surface area contributed by atoms with Crippen molar-refractivity contribution in [2.75, 3.05) is 23.3 Å². The summed E-state index contributed by atoms with van der Waals surface area (Å²) in [5, 5.41) is 8.82. The number of aromatic nitrogens is 3. The second-order valence-corrected chi connectivity index (χ2v) is 7.21. The second-order valence-electron chi connectivity index (χ2n) is 6.78. The van der Waals surface area contributed by atoms with E-state index in [1.54, 1.807) is 0 Å². The highest BCUT2D eigenvalue weighted by molar-refractivity contribution is 6.30. The highest BCUT2D eigenvalue weighted by atomic mass is 35.5. The van der Waals surface area contributed by atoms with Crippen LogP contribution < -0.4 is 10.2 Å². The summed E-state index contributed by atoms with van der Waals surface area (Å²) in [4.78, 5) is 7.23. The van der Waals surface area contributed by atoms with E-state index in [1.165, 1.54) is 5.56 Å². The number of anilines is 3.